The number of unbranched alkanes of at least 4 members (excludes halogenated alkanes) is 16. The molecule has 0 bridgehead atoms. The number of halogens is 1. The second-order valence-electron chi connectivity index (χ2n) is 6.53. The standard InChI is InChI=1S/C21H39Br/c1-2-3-4-5-6-7-8-9-10-11-12-13-14-15-16-17-18-19-20-21-22/h2,20-21H,1,3-19H2. The highest BCUT2D eigenvalue weighted by Gasteiger charge is 1.94. The van der Waals surface area contributed by atoms with Crippen molar-refractivity contribution >= 4 is 15.9 Å². The van der Waals surface area contributed by atoms with Crippen LogP contribution in [0, 0.1) is 0 Å². The first-order chi connectivity index (χ1) is 10.9. The van der Waals surface area contributed by atoms with Crippen molar-refractivity contribution in [3.63, 3.8) is 0 Å². The van der Waals surface area contributed by atoms with E-state index in [4.69, 9.17) is 0 Å². The largest absolute Gasteiger partial charge is 0.103 e. The summed E-state index contributed by atoms with van der Waals surface area (Å²) in [6.45, 7) is 3.77. The zero-order chi connectivity index (χ0) is 16.1. The third-order valence-corrected chi connectivity index (χ3v) is 4.74. The van der Waals surface area contributed by atoms with Crippen LogP contribution in [0.1, 0.15) is 109 Å². The molecule has 1 heteroatoms. The highest BCUT2D eigenvalue weighted by Crippen LogP contribution is 2.14. The van der Waals surface area contributed by atoms with E-state index in [9.17, 15) is 0 Å². The van der Waals surface area contributed by atoms with Crippen LogP contribution in [0.3, 0.4) is 0 Å². The van der Waals surface area contributed by atoms with Crippen molar-refractivity contribution in [2.24, 2.45) is 0 Å². The molecule has 0 aliphatic heterocycles. The van der Waals surface area contributed by atoms with Gasteiger partial charge in [-0.3, -0.25) is 0 Å². The van der Waals surface area contributed by atoms with Crippen molar-refractivity contribution in [1.82, 2.24) is 0 Å². The molecule has 0 aromatic carbocycles. The lowest BCUT2D eigenvalue weighted by Gasteiger charge is -2.03. The summed E-state index contributed by atoms with van der Waals surface area (Å²) in [5.74, 6) is 0. The fourth-order valence-corrected chi connectivity index (χ4v) is 3.18. The van der Waals surface area contributed by atoms with Gasteiger partial charge >= 0.3 is 0 Å². The van der Waals surface area contributed by atoms with Gasteiger partial charge < -0.3 is 0 Å². The van der Waals surface area contributed by atoms with Gasteiger partial charge in [-0.2, -0.15) is 0 Å². The molecule has 0 fully saturated rings. The summed E-state index contributed by atoms with van der Waals surface area (Å²) in [6, 6.07) is 0. The number of allylic oxidation sites excluding steroid dienone is 2. The summed E-state index contributed by atoms with van der Waals surface area (Å²) in [6.07, 6.45) is 28.2. The fourth-order valence-electron chi connectivity index (χ4n) is 2.91. The van der Waals surface area contributed by atoms with Crippen LogP contribution in [0.4, 0.5) is 0 Å². The van der Waals surface area contributed by atoms with E-state index in [1.165, 1.54) is 109 Å². The average Bonchev–Trinajstić information content (AvgIpc) is 2.54. The molecule has 22 heavy (non-hydrogen) atoms. The first kappa shape index (κ1) is 22.0. The molecule has 0 amide bonds. The lowest BCUT2D eigenvalue weighted by Crippen LogP contribution is -1.83. The summed E-state index contributed by atoms with van der Waals surface area (Å²) in [7, 11) is 0. The Morgan fingerprint density at radius 3 is 1.14 bits per heavy atom. The number of rotatable bonds is 18. The fraction of sp³-hybridized carbons (Fsp3) is 0.810. The third-order valence-electron chi connectivity index (χ3n) is 4.37. The van der Waals surface area contributed by atoms with Crippen molar-refractivity contribution in [2.75, 3.05) is 0 Å². The molecule has 0 aromatic heterocycles. The maximum Gasteiger partial charge on any atom is -0.0229 e. The molecule has 0 heterocycles. The summed E-state index contributed by atoms with van der Waals surface area (Å²) in [4.78, 5) is 1.98. The molecule has 130 valence electrons. The number of hydrogen-bond donors (Lipinski definition) is 0. The minimum atomic E-state index is 1.20. The average molecular weight is 371 g/mol. The van der Waals surface area contributed by atoms with Gasteiger partial charge in [-0.1, -0.05) is 112 Å². The Balaban J connectivity index is 2.95. The van der Waals surface area contributed by atoms with Gasteiger partial charge in [0.05, 0.1) is 0 Å². The van der Waals surface area contributed by atoms with Crippen LogP contribution >= 0.6 is 15.9 Å². The van der Waals surface area contributed by atoms with Crippen LogP contribution in [0.5, 0.6) is 0 Å². The van der Waals surface area contributed by atoms with Gasteiger partial charge in [-0.25, -0.2) is 0 Å². The van der Waals surface area contributed by atoms with Crippen molar-refractivity contribution in [2.45, 2.75) is 109 Å². The van der Waals surface area contributed by atoms with Crippen molar-refractivity contribution in [1.29, 1.82) is 0 Å². The van der Waals surface area contributed by atoms with E-state index in [0.717, 1.165) is 0 Å². The lowest BCUT2D eigenvalue weighted by atomic mass is 10.0. The smallest absolute Gasteiger partial charge is 0.0229 e. The van der Waals surface area contributed by atoms with Crippen molar-refractivity contribution < 1.29 is 0 Å². The molecule has 0 spiro atoms. The molecular weight excluding hydrogens is 332 g/mol. The molecule has 0 N–H and O–H groups in total. The van der Waals surface area contributed by atoms with Crippen LogP contribution in [-0.2, 0) is 0 Å². The SMILES string of the molecule is C=CCCCCCCCCCCCCCCCCCC=CBr. The Bertz CT molecular complexity index is 232. The first-order valence-electron chi connectivity index (χ1n) is 9.78. The minimum absolute atomic E-state index is 1.20. The summed E-state index contributed by atoms with van der Waals surface area (Å²) in [5.41, 5.74) is 0. The topological polar surface area (TPSA) is 0 Å². The summed E-state index contributed by atoms with van der Waals surface area (Å²) >= 11 is 3.32. The van der Waals surface area contributed by atoms with E-state index in [2.05, 4.69) is 28.6 Å². The van der Waals surface area contributed by atoms with E-state index in [1.54, 1.807) is 0 Å². The zero-order valence-corrected chi connectivity index (χ0v) is 16.4. The Morgan fingerprint density at radius 1 is 0.500 bits per heavy atom. The summed E-state index contributed by atoms with van der Waals surface area (Å²) in [5, 5.41) is 0. The van der Waals surface area contributed by atoms with Gasteiger partial charge in [0.25, 0.3) is 0 Å². The van der Waals surface area contributed by atoms with Crippen LogP contribution < -0.4 is 0 Å². The predicted molar refractivity (Wildman–Crippen MR) is 107 cm³/mol. The zero-order valence-electron chi connectivity index (χ0n) is 14.8. The van der Waals surface area contributed by atoms with E-state index < -0.39 is 0 Å². The Labute approximate surface area is 149 Å². The molecule has 0 aliphatic rings. The molecule has 0 aromatic rings. The molecule has 0 saturated carbocycles. The van der Waals surface area contributed by atoms with Gasteiger partial charge in [0, 0.05) is 0 Å². The van der Waals surface area contributed by atoms with E-state index in [0.29, 0.717) is 0 Å². The minimum Gasteiger partial charge on any atom is -0.103 e. The van der Waals surface area contributed by atoms with Gasteiger partial charge in [-0.15, -0.1) is 6.58 Å². The van der Waals surface area contributed by atoms with Gasteiger partial charge in [-0.05, 0) is 30.7 Å². The highest BCUT2D eigenvalue weighted by molar-refractivity contribution is 9.11. The second-order valence-corrected chi connectivity index (χ2v) is 7.06. The Kier molecular flexibility index (Phi) is 20.9. The normalized spacial score (nSPS) is 11.3. The quantitative estimate of drug-likeness (QED) is 0.167. The number of hydrogen-bond acceptors (Lipinski definition) is 0. The molecule has 0 rings (SSSR count). The maximum absolute atomic E-state index is 3.77. The van der Waals surface area contributed by atoms with Crippen molar-refractivity contribution in [3.8, 4) is 0 Å². The van der Waals surface area contributed by atoms with Crippen LogP contribution in [0.25, 0.3) is 0 Å². The van der Waals surface area contributed by atoms with Crippen molar-refractivity contribution in [3.05, 3.63) is 23.7 Å². The molecule has 0 saturated heterocycles. The molecular formula is C21H39Br. The third kappa shape index (κ3) is 20.0. The molecule has 0 unspecified atom stereocenters. The van der Waals surface area contributed by atoms with E-state index in [1.807, 2.05) is 11.1 Å². The highest BCUT2D eigenvalue weighted by atomic mass is 79.9. The molecule has 0 nitrogen and oxygen atoms in total. The van der Waals surface area contributed by atoms with E-state index in [-0.39, 0.29) is 0 Å². The predicted octanol–water partition coefficient (Wildman–Crippen LogP) is 8.71. The van der Waals surface area contributed by atoms with Gasteiger partial charge in [0.2, 0.25) is 0 Å². The van der Waals surface area contributed by atoms with Crippen LogP contribution in [-0.4, -0.2) is 0 Å². The van der Waals surface area contributed by atoms with E-state index >= 15 is 0 Å². The van der Waals surface area contributed by atoms with Crippen LogP contribution in [0.15, 0.2) is 23.7 Å². The van der Waals surface area contributed by atoms with Crippen LogP contribution in [0.2, 0.25) is 0 Å². The Hall–Kier alpha value is -0.0400. The molecule has 0 atom stereocenters. The lowest BCUT2D eigenvalue weighted by molar-refractivity contribution is 0.531. The summed E-state index contributed by atoms with van der Waals surface area (Å²) < 4.78 is 0. The first-order valence-corrected chi connectivity index (χ1v) is 10.7. The van der Waals surface area contributed by atoms with Gasteiger partial charge in [0.1, 0.15) is 0 Å². The second kappa shape index (κ2) is 21.0. The molecule has 0 radical (unpaired) electrons. The monoisotopic (exact) mass is 370 g/mol. The maximum atomic E-state index is 3.77. The van der Waals surface area contributed by atoms with Gasteiger partial charge in [0.15, 0.2) is 0 Å². The molecule has 0 aliphatic carbocycles. The Morgan fingerprint density at radius 2 is 0.818 bits per heavy atom.